The van der Waals surface area contributed by atoms with Gasteiger partial charge < -0.3 is 9.47 Å². The Labute approximate surface area is 267 Å². The van der Waals surface area contributed by atoms with Crippen molar-refractivity contribution in [2.45, 2.75) is 142 Å². The Morgan fingerprint density at radius 1 is 0.409 bits per heavy atom. The van der Waals surface area contributed by atoms with Crippen molar-refractivity contribution in [3.8, 4) is 23.6 Å². The topological polar surface area (TPSA) is 66.0 Å². The first-order valence-electron chi connectivity index (χ1n) is 17.8. The Morgan fingerprint density at radius 2 is 0.705 bits per heavy atom. The van der Waals surface area contributed by atoms with E-state index in [1.165, 1.54) is 116 Å². The van der Waals surface area contributed by atoms with Crippen molar-refractivity contribution in [3.63, 3.8) is 0 Å². The summed E-state index contributed by atoms with van der Waals surface area (Å²) in [6.07, 6.45) is 26.0. The summed E-state index contributed by atoms with van der Waals surface area (Å²) in [5.41, 5.74) is 0.821. The lowest BCUT2D eigenvalue weighted by Crippen LogP contribution is -2.03. The number of unbranched alkanes of at least 4 members (excludes halogenated alkanes) is 18. The number of rotatable bonds is 24. The first-order valence-corrected chi connectivity index (χ1v) is 17.8. The monoisotopic (exact) mass is 596 g/mol. The van der Waals surface area contributed by atoms with Gasteiger partial charge in [0.05, 0.1) is 24.3 Å². The van der Waals surface area contributed by atoms with Gasteiger partial charge in [0.1, 0.15) is 12.1 Å². The molecule has 0 radical (unpaired) electrons. The first-order chi connectivity index (χ1) is 21.7. The van der Waals surface area contributed by atoms with Crippen LogP contribution < -0.4 is 9.47 Å². The molecule has 4 heteroatoms. The summed E-state index contributed by atoms with van der Waals surface area (Å²) < 4.78 is 12.7. The van der Waals surface area contributed by atoms with Crippen LogP contribution in [0.4, 0.5) is 0 Å². The van der Waals surface area contributed by atoms with E-state index < -0.39 is 0 Å². The summed E-state index contributed by atoms with van der Waals surface area (Å²) in [5, 5.41) is 23.0. The zero-order valence-electron chi connectivity index (χ0n) is 27.7. The van der Waals surface area contributed by atoms with Crippen LogP contribution in [0, 0.1) is 22.7 Å². The standard InChI is InChI=1S/C40H56N2O2/c1-3-5-7-9-11-13-15-17-19-21-23-43-39-29-35-25-33-27-37(31-41)38(32-42)28-34(33)26-36(35)30-40(39)44-24-22-20-18-16-14-12-10-8-6-4-2/h25-30H,3-24H2,1-2H3. The summed E-state index contributed by atoms with van der Waals surface area (Å²) >= 11 is 0. The maximum absolute atomic E-state index is 9.50. The molecule has 0 atom stereocenters. The van der Waals surface area contributed by atoms with Crippen molar-refractivity contribution in [2.24, 2.45) is 0 Å². The van der Waals surface area contributed by atoms with E-state index in [9.17, 15) is 10.5 Å². The predicted octanol–water partition coefficient (Wildman–Crippen LogP) is 12.3. The highest BCUT2D eigenvalue weighted by Crippen LogP contribution is 2.36. The molecule has 0 aliphatic rings. The van der Waals surface area contributed by atoms with E-state index in [4.69, 9.17) is 9.47 Å². The molecule has 0 aliphatic carbocycles. The Morgan fingerprint density at radius 3 is 1.02 bits per heavy atom. The molecule has 3 aromatic rings. The lowest BCUT2D eigenvalue weighted by Gasteiger charge is -2.15. The fraction of sp³-hybridized carbons (Fsp3) is 0.600. The van der Waals surface area contributed by atoms with Crippen molar-refractivity contribution >= 4 is 21.5 Å². The maximum Gasteiger partial charge on any atom is 0.161 e. The van der Waals surface area contributed by atoms with Gasteiger partial charge in [-0.15, -0.1) is 0 Å². The van der Waals surface area contributed by atoms with Crippen molar-refractivity contribution in [3.05, 3.63) is 47.5 Å². The van der Waals surface area contributed by atoms with Crippen molar-refractivity contribution in [2.75, 3.05) is 13.2 Å². The van der Waals surface area contributed by atoms with Crippen LogP contribution in [0.5, 0.6) is 11.5 Å². The van der Waals surface area contributed by atoms with Crippen molar-refractivity contribution in [1.29, 1.82) is 10.5 Å². The molecule has 0 fully saturated rings. The van der Waals surface area contributed by atoms with Gasteiger partial charge in [0, 0.05) is 0 Å². The molecule has 0 saturated heterocycles. The average molecular weight is 597 g/mol. The van der Waals surface area contributed by atoms with Crippen molar-refractivity contribution in [1.82, 2.24) is 0 Å². The summed E-state index contributed by atoms with van der Waals surface area (Å²) in [6.45, 7) is 5.92. The Kier molecular flexibility index (Phi) is 17.2. The van der Waals surface area contributed by atoms with Crippen LogP contribution in [0.2, 0.25) is 0 Å². The van der Waals surface area contributed by atoms with Crippen LogP contribution in [0.25, 0.3) is 21.5 Å². The minimum Gasteiger partial charge on any atom is -0.490 e. The zero-order valence-corrected chi connectivity index (χ0v) is 27.7. The van der Waals surface area contributed by atoms with Gasteiger partial charge >= 0.3 is 0 Å². The quantitative estimate of drug-likeness (QED) is 0.0762. The minimum atomic E-state index is 0.410. The lowest BCUT2D eigenvalue weighted by molar-refractivity contribution is 0.259. The normalized spacial score (nSPS) is 11.1. The lowest BCUT2D eigenvalue weighted by atomic mass is 9.98. The molecule has 4 nitrogen and oxygen atoms in total. The first kappa shape index (κ1) is 35.2. The highest BCUT2D eigenvalue weighted by Gasteiger charge is 2.11. The molecule has 44 heavy (non-hydrogen) atoms. The van der Waals surface area contributed by atoms with Gasteiger partial charge in [-0.3, -0.25) is 0 Å². The molecule has 0 N–H and O–H groups in total. The van der Waals surface area contributed by atoms with E-state index in [-0.39, 0.29) is 0 Å². The fourth-order valence-corrected chi connectivity index (χ4v) is 6.01. The van der Waals surface area contributed by atoms with Crippen LogP contribution in [-0.2, 0) is 0 Å². The number of nitrogens with zero attached hydrogens (tertiary/aromatic N) is 2. The number of ether oxygens (including phenoxy) is 2. The third-order valence-electron chi connectivity index (χ3n) is 8.75. The molecule has 0 bridgehead atoms. The number of nitriles is 2. The molecule has 0 aromatic heterocycles. The average Bonchev–Trinajstić information content (AvgIpc) is 3.04. The van der Waals surface area contributed by atoms with E-state index in [2.05, 4.69) is 50.3 Å². The molecule has 0 spiro atoms. The third kappa shape index (κ3) is 12.4. The highest BCUT2D eigenvalue weighted by molar-refractivity contribution is 6.00. The van der Waals surface area contributed by atoms with Crippen molar-refractivity contribution < 1.29 is 9.47 Å². The van der Waals surface area contributed by atoms with E-state index >= 15 is 0 Å². The van der Waals surface area contributed by atoms with Gasteiger partial charge in [-0.2, -0.15) is 10.5 Å². The molecule has 3 rings (SSSR count). The van der Waals surface area contributed by atoms with Gasteiger partial charge in [0.25, 0.3) is 0 Å². The van der Waals surface area contributed by atoms with Crippen LogP contribution in [0.15, 0.2) is 36.4 Å². The predicted molar refractivity (Wildman–Crippen MR) is 186 cm³/mol. The number of hydrogen-bond acceptors (Lipinski definition) is 4. The molecule has 3 aromatic carbocycles. The summed E-state index contributed by atoms with van der Waals surface area (Å²) in [5.74, 6) is 1.60. The van der Waals surface area contributed by atoms with Gasteiger partial charge in [-0.25, -0.2) is 0 Å². The van der Waals surface area contributed by atoms with Crippen LogP contribution in [0.1, 0.15) is 153 Å². The fourth-order valence-electron chi connectivity index (χ4n) is 6.01. The van der Waals surface area contributed by atoms with Gasteiger partial charge in [0.2, 0.25) is 0 Å². The second-order valence-electron chi connectivity index (χ2n) is 12.5. The minimum absolute atomic E-state index is 0.410. The van der Waals surface area contributed by atoms with Crippen LogP contribution >= 0.6 is 0 Å². The third-order valence-corrected chi connectivity index (χ3v) is 8.75. The summed E-state index contributed by atoms with van der Waals surface area (Å²) in [7, 11) is 0. The SMILES string of the molecule is CCCCCCCCCCCCOc1cc2cc3cc(C#N)c(C#N)cc3cc2cc1OCCCCCCCCCCCC. The Bertz CT molecular complexity index is 1230. The Balaban J connectivity index is 1.57. The summed E-state index contributed by atoms with van der Waals surface area (Å²) in [6, 6.07) is 16.3. The molecule has 0 saturated carbocycles. The molecule has 0 unspecified atom stereocenters. The van der Waals surface area contributed by atoms with Gasteiger partial charge in [-0.1, -0.05) is 129 Å². The second-order valence-corrected chi connectivity index (χ2v) is 12.5. The highest BCUT2D eigenvalue weighted by atomic mass is 16.5. The number of benzene rings is 3. The zero-order chi connectivity index (χ0) is 31.2. The largest absolute Gasteiger partial charge is 0.490 e. The maximum atomic E-state index is 9.50. The van der Waals surface area contributed by atoms with E-state index in [0.717, 1.165) is 45.9 Å². The van der Waals surface area contributed by atoms with E-state index in [1.54, 1.807) is 0 Å². The van der Waals surface area contributed by atoms with E-state index in [1.807, 2.05) is 12.1 Å². The van der Waals surface area contributed by atoms with Crippen LogP contribution in [-0.4, -0.2) is 13.2 Å². The molecule has 238 valence electrons. The molecular formula is C40H56N2O2. The van der Waals surface area contributed by atoms with E-state index in [0.29, 0.717) is 24.3 Å². The Hall–Kier alpha value is -3.24. The second kappa shape index (κ2) is 21.5. The van der Waals surface area contributed by atoms with Gasteiger partial charge in [-0.05, 0) is 70.8 Å². The summed E-state index contributed by atoms with van der Waals surface area (Å²) in [4.78, 5) is 0. The smallest absolute Gasteiger partial charge is 0.161 e. The molecule has 0 heterocycles. The molecule has 0 amide bonds. The number of hydrogen-bond donors (Lipinski definition) is 0. The van der Waals surface area contributed by atoms with Crippen LogP contribution in [0.3, 0.4) is 0 Å². The molecular weight excluding hydrogens is 540 g/mol. The number of fused-ring (bicyclic) bond motifs is 2. The molecule has 0 aliphatic heterocycles. The van der Waals surface area contributed by atoms with Gasteiger partial charge in [0.15, 0.2) is 11.5 Å².